The first-order valence-corrected chi connectivity index (χ1v) is 15.8. The number of fused-ring (bicyclic) bond motifs is 1. The van der Waals surface area contributed by atoms with Gasteiger partial charge in [-0.3, -0.25) is 4.79 Å². The first-order chi connectivity index (χ1) is 21.7. The molecule has 16 heteroatoms. The number of ether oxygens (including phenoxy) is 1. The maximum absolute atomic E-state index is 14.0. The second-order valence-electron chi connectivity index (χ2n) is 10.4. The number of amides is 1. The Morgan fingerprint density at radius 3 is 2.37 bits per heavy atom. The van der Waals surface area contributed by atoms with Crippen LogP contribution in [0.2, 0.25) is 5.02 Å². The van der Waals surface area contributed by atoms with Gasteiger partial charge < -0.3 is 15.0 Å². The lowest BCUT2D eigenvalue weighted by molar-refractivity contribution is -0.274. The number of carbonyl (C=O) groups is 1. The van der Waals surface area contributed by atoms with Crippen molar-refractivity contribution in [3.8, 4) is 5.75 Å². The predicted molar refractivity (Wildman–Crippen MR) is 160 cm³/mol. The van der Waals surface area contributed by atoms with Crippen molar-refractivity contribution in [2.24, 2.45) is 0 Å². The van der Waals surface area contributed by atoms with Crippen LogP contribution in [0.25, 0.3) is 11.0 Å². The van der Waals surface area contributed by atoms with E-state index < -0.39 is 40.0 Å². The van der Waals surface area contributed by atoms with Crippen LogP contribution in [0.3, 0.4) is 0 Å². The van der Waals surface area contributed by atoms with E-state index in [4.69, 9.17) is 11.6 Å². The van der Waals surface area contributed by atoms with E-state index in [1.807, 2.05) is 0 Å². The van der Waals surface area contributed by atoms with Gasteiger partial charge in [-0.25, -0.2) is 27.2 Å². The lowest BCUT2D eigenvalue weighted by Crippen LogP contribution is -2.60. The molecule has 1 atom stereocenters. The van der Waals surface area contributed by atoms with Crippen molar-refractivity contribution < 1.29 is 39.9 Å². The van der Waals surface area contributed by atoms with E-state index in [0.29, 0.717) is 27.4 Å². The molecule has 1 aliphatic rings. The lowest BCUT2D eigenvalue weighted by atomic mass is 10.0. The molecule has 4 aromatic rings. The number of rotatable bonds is 9. The van der Waals surface area contributed by atoms with Crippen LogP contribution in [0.4, 0.5) is 27.8 Å². The van der Waals surface area contributed by atoms with E-state index in [0.717, 1.165) is 28.6 Å². The van der Waals surface area contributed by atoms with Crippen molar-refractivity contribution in [3.05, 3.63) is 89.1 Å². The summed E-state index contributed by atoms with van der Waals surface area (Å²) in [5.74, 6) is -3.94. The van der Waals surface area contributed by atoms with Crippen LogP contribution in [-0.4, -0.2) is 60.6 Å². The molecule has 1 aliphatic heterocycles. The van der Waals surface area contributed by atoms with Gasteiger partial charge in [-0.15, -0.1) is 13.2 Å². The Bertz CT molecular complexity index is 1830. The number of carbonyl (C=O) groups excluding carboxylic acids is 1. The second-order valence-corrected chi connectivity index (χ2v) is 12.7. The molecule has 3 aromatic carbocycles. The highest BCUT2D eigenvalue weighted by molar-refractivity contribution is 7.89. The minimum Gasteiger partial charge on any atom is -0.406 e. The molecular weight excluding hydrogens is 657 g/mol. The van der Waals surface area contributed by atoms with E-state index in [1.54, 1.807) is 23.1 Å². The van der Waals surface area contributed by atoms with Gasteiger partial charge in [0.15, 0.2) is 0 Å². The fraction of sp³-hybridized carbons (Fsp3) is 0.300. The summed E-state index contributed by atoms with van der Waals surface area (Å²) in [6, 6.07) is 12.8. The SMILES string of the molecule is CCC(F)(F)c1ccc(CNC(=O)[C@H]2CN(c3cnc4c(Cl)cccc4n3)CCN2S(=O)(=O)c2ccc(OC(F)(F)F)cc2)cc1. The van der Waals surface area contributed by atoms with Gasteiger partial charge in [-0.2, -0.15) is 4.31 Å². The van der Waals surface area contributed by atoms with Gasteiger partial charge in [0.2, 0.25) is 15.9 Å². The van der Waals surface area contributed by atoms with Crippen LogP contribution in [0, 0.1) is 0 Å². The largest absolute Gasteiger partial charge is 0.573 e. The molecule has 0 saturated carbocycles. The second kappa shape index (κ2) is 13.0. The van der Waals surface area contributed by atoms with Gasteiger partial charge in [-0.1, -0.05) is 48.9 Å². The molecule has 1 saturated heterocycles. The summed E-state index contributed by atoms with van der Waals surface area (Å²) in [5, 5.41) is 3.07. The van der Waals surface area contributed by atoms with Gasteiger partial charge in [0.1, 0.15) is 23.1 Å². The topological polar surface area (TPSA) is 105 Å². The summed E-state index contributed by atoms with van der Waals surface area (Å²) >= 11 is 6.21. The zero-order valence-electron chi connectivity index (χ0n) is 24.1. The molecule has 0 aliphatic carbocycles. The molecule has 0 unspecified atom stereocenters. The number of hydrogen-bond acceptors (Lipinski definition) is 7. The first-order valence-electron chi connectivity index (χ1n) is 14.0. The predicted octanol–water partition coefficient (Wildman–Crippen LogP) is 5.88. The molecule has 1 amide bonds. The third kappa shape index (κ3) is 7.32. The van der Waals surface area contributed by atoms with Crippen molar-refractivity contribution in [2.75, 3.05) is 24.5 Å². The minimum absolute atomic E-state index is 0.0844. The molecule has 1 N–H and O–H groups in total. The first kappa shape index (κ1) is 33.3. The van der Waals surface area contributed by atoms with Crippen molar-refractivity contribution in [1.82, 2.24) is 19.6 Å². The van der Waals surface area contributed by atoms with Crippen LogP contribution in [0.5, 0.6) is 5.75 Å². The maximum Gasteiger partial charge on any atom is 0.573 e. The Morgan fingerprint density at radius 1 is 1.02 bits per heavy atom. The number of benzene rings is 3. The smallest absolute Gasteiger partial charge is 0.406 e. The molecule has 0 bridgehead atoms. The van der Waals surface area contributed by atoms with E-state index in [-0.39, 0.29) is 43.1 Å². The highest BCUT2D eigenvalue weighted by Crippen LogP contribution is 2.32. The van der Waals surface area contributed by atoms with Crippen molar-refractivity contribution in [3.63, 3.8) is 0 Å². The van der Waals surface area contributed by atoms with Crippen LogP contribution in [-0.2, 0) is 27.3 Å². The number of piperazine rings is 1. The Hall–Kier alpha value is -4.08. The number of hydrogen-bond donors (Lipinski definition) is 1. The normalized spacial score (nSPS) is 16.4. The minimum atomic E-state index is -4.96. The summed E-state index contributed by atoms with van der Waals surface area (Å²) in [4.78, 5) is 23.9. The number of aromatic nitrogens is 2. The molecular formula is C30H27ClF5N5O4S. The third-order valence-electron chi connectivity index (χ3n) is 7.42. The number of nitrogens with zero attached hydrogens (tertiary/aromatic N) is 4. The van der Waals surface area contributed by atoms with Crippen molar-refractivity contribution in [1.29, 1.82) is 0 Å². The van der Waals surface area contributed by atoms with E-state index in [9.17, 15) is 35.2 Å². The number of alkyl halides is 5. The number of anilines is 1. The average Bonchev–Trinajstić information content (AvgIpc) is 3.03. The van der Waals surface area contributed by atoms with E-state index >= 15 is 0 Å². The summed E-state index contributed by atoms with van der Waals surface area (Å²) in [6.07, 6.45) is -3.88. The van der Waals surface area contributed by atoms with Crippen LogP contribution in [0.15, 0.2) is 77.8 Å². The monoisotopic (exact) mass is 683 g/mol. The van der Waals surface area contributed by atoms with Gasteiger partial charge in [0, 0.05) is 38.2 Å². The van der Waals surface area contributed by atoms with Crippen LogP contribution < -0.4 is 15.0 Å². The van der Waals surface area contributed by atoms with Crippen molar-refractivity contribution >= 4 is 44.4 Å². The number of para-hydroxylation sites is 1. The number of sulfonamides is 1. The maximum atomic E-state index is 14.0. The standard InChI is InChI=1S/C30H27ClF5N5O4S/c1-2-29(32,33)20-8-6-19(7-9-20)16-38-28(42)25-18-40(26-17-37-27-23(31)4-3-5-24(27)39-26)14-15-41(25)46(43,44)22-12-10-21(11-13-22)45-30(34,35)36/h3-13,17,25H,2,14-16,18H2,1H3,(H,38,42)/t25-/m1/s1. The number of nitrogens with one attached hydrogen (secondary N) is 1. The third-order valence-corrected chi connectivity index (χ3v) is 9.65. The Kier molecular flexibility index (Phi) is 9.38. The summed E-state index contributed by atoms with van der Waals surface area (Å²) in [6.45, 7) is 1.05. The zero-order chi connectivity index (χ0) is 33.3. The summed E-state index contributed by atoms with van der Waals surface area (Å²) in [5.41, 5.74) is 1.28. The lowest BCUT2D eigenvalue weighted by Gasteiger charge is -2.40. The summed E-state index contributed by atoms with van der Waals surface area (Å²) < 4.78 is 98.2. The quantitative estimate of drug-likeness (QED) is 0.220. The Balaban J connectivity index is 1.41. The average molecular weight is 684 g/mol. The highest BCUT2D eigenvalue weighted by atomic mass is 35.5. The van der Waals surface area contributed by atoms with E-state index in [2.05, 4.69) is 20.0 Å². The Labute approximate surface area is 266 Å². The molecule has 1 aromatic heterocycles. The van der Waals surface area contributed by atoms with Gasteiger partial charge >= 0.3 is 6.36 Å². The molecule has 46 heavy (non-hydrogen) atoms. The fourth-order valence-electron chi connectivity index (χ4n) is 4.95. The van der Waals surface area contributed by atoms with Gasteiger partial charge in [0.05, 0.1) is 21.6 Å². The highest BCUT2D eigenvalue weighted by Gasteiger charge is 2.41. The van der Waals surface area contributed by atoms with Gasteiger partial charge in [-0.05, 0) is 42.0 Å². The van der Waals surface area contributed by atoms with Crippen molar-refractivity contribution in [2.45, 2.75) is 43.1 Å². The van der Waals surface area contributed by atoms with Gasteiger partial charge in [0.25, 0.3) is 5.92 Å². The molecule has 1 fully saturated rings. The summed E-state index contributed by atoms with van der Waals surface area (Å²) in [7, 11) is -4.40. The molecule has 0 spiro atoms. The fourth-order valence-corrected chi connectivity index (χ4v) is 6.74. The molecule has 5 rings (SSSR count). The molecule has 2 heterocycles. The molecule has 244 valence electrons. The zero-order valence-corrected chi connectivity index (χ0v) is 25.7. The van der Waals surface area contributed by atoms with E-state index in [1.165, 1.54) is 37.4 Å². The Morgan fingerprint density at radius 2 is 1.72 bits per heavy atom. The van der Waals surface area contributed by atoms with Crippen LogP contribution >= 0.6 is 11.6 Å². The number of halogens is 6. The molecule has 0 radical (unpaired) electrons. The molecule has 9 nitrogen and oxygen atoms in total. The van der Waals surface area contributed by atoms with Crippen LogP contribution in [0.1, 0.15) is 24.5 Å².